The number of hydrogen-bond donors (Lipinski definition) is 8. The van der Waals surface area contributed by atoms with E-state index in [4.69, 9.17) is 14.5 Å². The zero-order valence-corrected chi connectivity index (χ0v) is 38.3. The van der Waals surface area contributed by atoms with Crippen molar-refractivity contribution in [2.45, 2.75) is 24.5 Å². The second-order valence-corrected chi connectivity index (χ2v) is 22.1. The van der Waals surface area contributed by atoms with Crippen molar-refractivity contribution in [3.05, 3.63) is 54.6 Å². The minimum atomic E-state index is -5.47. The van der Waals surface area contributed by atoms with Crippen molar-refractivity contribution in [2.75, 3.05) is 31.8 Å². The van der Waals surface area contributed by atoms with Gasteiger partial charge in [-0.2, -0.15) is 33.7 Å². The highest BCUT2D eigenvalue weighted by atomic mass is 32.3. The lowest BCUT2D eigenvalue weighted by molar-refractivity contribution is -0.434. The predicted molar refractivity (Wildman–Crippen MR) is 219 cm³/mol. The first-order valence-corrected chi connectivity index (χ1v) is 26.4. The van der Waals surface area contributed by atoms with E-state index in [-0.39, 0.29) is 18.1 Å². The van der Waals surface area contributed by atoms with Gasteiger partial charge in [-0.05, 0) is 48.5 Å². The molecule has 38 heteroatoms. The second-order valence-electron chi connectivity index (χ2n) is 12.1. The van der Waals surface area contributed by atoms with Gasteiger partial charge in [0.05, 0.1) is 41.6 Å². The summed E-state index contributed by atoms with van der Waals surface area (Å²) in [5, 5.41) is 66.1. The fraction of sp³-hybridized carbons (Fsp3) is 0.172. The van der Waals surface area contributed by atoms with Gasteiger partial charge in [-0.25, -0.2) is 26.3 Å². The van der Waals surface area contributed by atoms with Crippen molar-refractivity contribution in [3.63, 3.8) is 0 Å². The summed E-state index contributed by atoms with van der Waals surface area (Å²) in [5.74, 6) is -6.55. The van der Waals surface area contributed by atoms with Crippen molar-refractivity contribution >= 4 is 107 Å². The number of aromatic hydroxyl groups is 3. The van der Waals surface area contributed by atoms with E-state index in [2.05, 4.69) is 48.4 Å². The minimum Gasteiger partial charge on any atom is -0.504 e. The number of benzene rings is 4. The molecule has 31 nitrogen and oxygen atoms in total. The molecule has 0 saturated heterocycles. The van der Waals surface area contributed by atoms with Crippen LogP contribution < -0.4 is 4.74 Å². The molecule has 366 valence electrons. The molecule has 8 N–H and O–H groups in total. The van der Waals surface area contributed by atoms with E-state index in [0.29, 0.717) is 30.3 Å². The molecule has 67 heavy (non-hydrogen) atoms. The summed E-state index contributed by atoms with van der Waals surface area (Å²) >= 11 is 0.0219. The molecule has 0 atom stereocenters. The van der Waals surface area contributed by atoms with Crippen LogP contribution in [0.5, 0.6) is 23.0 Å². The molecule has 0 radical (unpaired) electrons. The van der Waals surface area contributed by atoms with Gasteiger partial charge in [0.1, 0.15) is 37.5 Å². The zero-order valence-electron chi connectivity index (χ0n) is 32.6. The van der Waals surface area contributed by atoms with Crippen LogP contribution >= 0.6 is 12.3 Å². The van der Waals surface area contributed by atoms with Crippen LogP contribution in [-0.2, 0) is 78.2 Å². The Morgan fingerprint density at radius 2 is 0.896 bits per heavy atom. The topological polar surface area (TPSA) is 487 Å². The van der Waals surface area contributed by atoms with Gasteiger partial charge in [0.15, 0.2) is 66.3 Å². The Hall–Kier alpha value is -5.43. The quantitative estimate of drug-likeness (QED) is 0.0137. The molecule has 0 aliphatic rings. The lowest BCUT2D eigenvalue weighted by Gasteiger charge is -2.11. The van der Waals surface area contributed by atoms with Crippen molar-refractivity contribution < 1.29 is 112 Å². The molecule has 0 unspecified atom stereocenters. The van der Waals surface area contributed by atoms with E-state index in [1.165, 1.54) is 0 Å². The summed E-state index contributed by atoms with van der Waals surface area (Å²) in [4.78, 5) is -5.19. The van der Waals surface area contributed by atoms with Gasteiger partial charge in [-0.15, -0.1) is 35.0 Å². The van der Waals surface area contributed by atoms with Gasteiger partial charge in [0.2, 0.25) is 0 Å². The zero-order chi connectivity index (χ0) is 50.3. The number of methoxy groups -OCH3 is 1. The molecule has 0 aromatic heterocycles. The Morgan fingerprint density at radius 3 is 1.25 bits per heavy atom. The van der Waals surface area contributed by atoms with E-state index < -0.39 is 161 Å². The largest absolute Gasteiger partial charge is 0.504 e. The van der Waals surface area contributed by atoms with E-state index >= 15 is 0 Å². The third kappa shape index (κ3) is 14.3. The van der Waals surface area contributed by atoms with Crippen LogP contribution in [0.4, 0.5) is 34.1 Å². The maximum atomic E-state index is 12.8. The molecule has 0 aliphatic carbocycles. The summed E-state index contributed by atoms with van der Waals surface area (Å²) in [5.41, 5.74) is -6.35. The Labute approximate surface area is 381 Å². The highest BCUT2D eigenvalue weighted by molar-refractivity contribution is 7.92. The first-order valence-electron chi connectivity index (χ1n) is 16.7. The highest BCUT2D eigenvalue weighted by Gasteiger charge is 2.28. The summed E-state index contributed by atoms with van der Waals surface area (Å²) in [6, 6.07) is 6.19. The minimum absolute atomic E-state index is 0.0219. The number of phenolic OH excluding ortho intramolecular Hbond substituents is 3. The van der Waals surface area contributed by atoms with E-state index in [9.17, 15) is 79.5 Å². The molecule has 0 aliphatic heterocycles. The molecular weight excluding hydrogens is 1060 g/mol. The highest BCUT2D eigenvalue weighted by Crippen LogP contribution is 2.57. The van der Waals surface area contributed by atoms with Crippen molar-refractivity contribution in [1.29, 1.82) is 0 Å². The molecule has 0 saturated carbocycles. The summed E-state index contributed by atoms with van der Waals surface area (Å²) in [7, 11) is -29.0. The Morgan fingerprint density at radius 1 is 0.522 bits per heavy atom. The van der Waals surface area contributed by atoms with Crippen LogP contribution in [0, 0.1) is 0 Å². The first-order chi connectivity index (χ1) is 30.9. The molecule has 4 aromatic carbocycles. The van der Waals surface area contributed by atoms with Gasteiger partial charge in [-0.1, -0.05) is 5.04 Å². The average molecular weight is 1090 g/mol. The standard InChI is InChI=1S/C29H28N6O25S7/c1-56-15-2-5-18(21(12-15)64(44,45)46)30-33-24-27(36)25(34-31-19-6-3-16(13-22(19)65(47,48)49)62(40,41)10-8-57-61-60-59-39)29(38)26(28(24)37)35-32-20-7-4-17(14-23(20)66(50,51)52)63(42,43)11-9-58-67(53,54)55/h2-7,12-14,36-39H,8-11H2,1H3,(H,44,45,46)(H,47,48,49)(H,50,51,52)(H,53,54,55)/b33-30+,34-31+,35-32+. The third-order valence-corrected chi connectivity index (χ3v) is 14.7. The maximum absolute atomic E-state index is 12.8. The molecule has 0 bridgehead atoms. The van der Waals surface area contributed by atoms with Gasteiger partial charge in [-0.3, -0.25) is 22.4 Å². The maximum Gasteiger partial charge on any atom is 0.397 e. The molecule has 4 rings (SSSR count). The van der Waals surface area contributed by atoms with Crippen molar-refractivity contribution in [1.82, 2.24) is 0 Å². The van der Waals surface area contributed by atoms with Crippen molar-refractivity contribution in [2.24, 2.45) is 30.7 Å². The number of phenols is 3. The monoisotopic (exact) mass is 1080 g/mol. The van der Waals surface area contributed by atoms with Gasteiger partial charge < -0.3 is 20.1 Å². The molecule has 0 amide bonds. The van der Waals surface area contributed by atoms with Crippen LogP contribution in [0.25, 0.3) is 0 Å². The smallest absolute Gasteiger partial charge is 0.397 e. The predicted octanol–water partition coefficient (Wildman–Crippen LogP) is 4.17. The molecule has 0 fully saturated rings. The lowest BCUT2D eigenvalue weighted by Crippen LogP contribution is -2.16. The summed E-state index contributed by atoms with van der Waals surface area (Å²) in [6.07, 6.45) is 0. The van der Waals surface area contributed by atoms with E-state index in [1.54, 1.807) is 0 Å². The van der Waals surface area contributed by atoms with Gasteiger partial charge in [0.25, 0.3) is 30.4 Å². The van der Waals surface area contributed by atoms with Crippen molar-refractivity contribution in [3.8, 4) is 23.0 Å². The first kappa shape index (κ1) is 54.2. The average Bonchev–Trinajstić information content (AvgIpc) is 3.21. The van der Waals surface area contributed by atoms with Crippen LogP contribution in [-0.4, -0.2) is 121 Å². The molecular formula is C29H28N6O25S7. The normalized spacial score (nSPS) is 13.3. The fourth-order valence-corrected chi connectivity index (χ4v) is 9.86. The SMILES string of the molecule is COc1ccc(/N=N/c2c(O)c(/N=N/c3ccc(S(=O)(=O)CCOSOOO)cc3S(=O)(=O)O)c(O)c(/N=N/c3ccc(S(=O)(=O)CCOS(=O)(=O)O)cc3S(=O)(=O)O)c2O)c(S(=O)(=O)O)c1. The molecule has 0 heterocycles. The fourth-order valence-electron chi connectivity index (χ4n) is 4.83. The third-order valence-electron chi connectivity index (χ3n) is 7.83. The number of hydrogen-bond acceptors (Lipinski definition) is 28. The van der Waals surface area contributed by atoms with Crippen LogP contribution in [0.15, 0.2) is 110 Å². The Kier molecular flexibility index (Phi) is 17.2. The number of azo groups is 3. The second kappa shape index (κ2) is 21.3. The molecule has 0 spiro atoms. The lowest BCUT2D eigenvalue weighted by atomic mass is 10.2. The Balaban J connectivity index is 1.95. The summed E-state index contributed by atoms with van der Waals surface area (Å²) in [6.45, 7) is -1.78. The summed E-state index contributed by atoms with van der Waals surface area (Å²) < 4.78 is 202. The van der Waals surface area contributed by atoms with E-state index in [0.717, 1.165) is 31.4 Å². The number of ether oxygens (including phenoxy) is 1. The van der Waals surface area contributed by atoms with Crippen LogP contribution in [0.1, 0.15) is 0 Å². The Bertz CT molecular complexity index is 3350. The number of sulfone groups is 2. The number of rotatable bonds is 22. The van der Waals surface area contributed by atoms with Gasteiger partial charge >= 0.3 is 10.4 Å². The van der Waals surface area contributed by atoms with Crippen LogP contribution in [0.2, 0.25) is 0 Å². The van der Waals surface area contributed by atoms with Crippen LogP contribution in [0.3, 0.4) is 0 Å². The number of nitrogens with zero attached hydrogens (tertiary/aromatic N) is 6. The molecule has 4 aromatic rings. The van der Waals surface area contributed by atoms with E-state index in [1.807, 2.05) is 0 Å². The van der Waals surface area contributed by atoms with Gasteiger partial charge in [0, 0.05) is 6.07 Å².